The Bertz CT molecular complexity index is 886. The fourth-order valence-electron chi connectivity index (χ4n) is 6.39. The fourth-order valence-corrected chi connectivity index (χ4v) is 6.39. The van der Waals surface area contributed by atoms with Crippen LogP contribution in [0.4, 0.5) is 0 Å². The Kier molecular flexibility index (Phi) is 7.42. The van der Waals surface area contributed by atoms with Crippen molar-refractivity contribution >= 4 is 11.8 Å². The van der Waals surface area contributed by atoms with Gasteiger partial charge in [-0.1, -0.05) is 58.9 Å². The molecule has 2 heterocycles. The van der Waals surface area contributed by atoms with E-state index in [0.29, 0.717) is 18.4 Å². The summed E-state index contributed by atoms with van der Waals surface area (Å²) >= 11 is 0. The van der Waals surface area contributed by atoms with Crippen molar-refractivity contribution in [3.05, 3.63) is 35.4 Å². The number of hydrogen-bond acceptors (Lipinski definition) is 3. The van der Waals surface area contributed by atoms with Gasteiger partial charge in [0.1, 0.15) is 6.04 Å². The number of nitrogens with zero attached hydrogens (tertiary/aromatic N) is 2. The largest absolute Gasteiger partial charge is 0.347 e. The predicted molar refractivity (Wildman–Crippen MR) is 140 cm³/mol. The summed E-state index contributed by atoms with van der Waals surface area (Å²) in [6.45, 7) is 15.3. The lowest BCUT2D eigenvalue weighted by Crippen LogP contribution is -2.52. The minimum Gasteiger partial charge on any atom is -0.347 e. The average Bonchev–Trinajstić information content (AvgIpc) is 3.20. The van der Waals surface area contributed by atoms with E-state index in [1.54, 1.807) is 0 Å². The Morgan fingerprint density at radius 3 is 2.47 bits per heavy atom. The lowest BCUT2D eigenvalue weighted by molar-refractivity contribution is -0.139. The first-order valence-corrected chi connectivity index (χ1v) is 13.5. The van der Waals surface area contributed by atoms with Gasteiger partial charge in [-0.25, -0.2) is 0 Å². The third-order valence-corrected chi connectivity index (χ3v) is 8.47. The van der Waals surface area contributed by atoms with Crippen molar-refractivity contribution in [3.63, 3.8) is 0 Å². The van der Waals surface area contributed by atoms with E-state index in [-0.39, 0.29) is 36.7 Å². The van der Waals surface area contributed by atoms with Gasteiger partial charge in [0.05, 0.1) is 6.04 Å². The molecule has 5 heteroatoms. The van der Waals surface area contributed by atoms with E-state index in [9.17, 15) is 9.59 Å². The SMILES string of the molecule is CC(C)[C@@H](C(=O)N[C@H]1CCC2(CCN(CCC(C)(C)C)CC2)c2ccccc21)N1CCCC1=O.[HH]. The van der Waals surface area contributed by atoms with Crippen LogP contribution in [0.5, 0.6) is 0 Å². The molecule has 4 rings (SSSR count). The topological polar surface area (TPSA) is 52.7 Å². The lowest BCUT2D eigenvalue weighted by Gasteiger charge is -2.47. The number of piperidine rings is 1. The average molecular weight is 470 g/mol. The van der Waals surface area contributed by atoms with E-state index in [1.165, 1.54) is 36.9 Å². The van der Waals surface area contributed by atoms with Crippen LogP contribution in [0.15, 0.2) is 24.3 Å². The van der Waals surface area contributed by atoms with Gasteiger partial charge in [-0.05, 0) is 86.0 Å². The zero-order chi connectivity index (χ0) is 24.5. The highest BCUT2D eigenvalue weighted by Crippen LogP contribution is 2.48. The van der Waals surface area contributed by atoms with E-state index < -0.39 is 0 Å². The van der Waals surface area contributed by atoms with Crippen LogP contribution in [-0.2, 0) is 15.0 Å². The zero-order valence-electron chi connectivity index (χ0n) is 22.0. The summed E-state index contributed by atoms with van der Waals surface area (Å²) in [5.74, 6) is 0.234. The molecule has 190 valence electrons. The number of fused-ring (bicyclic) bond motifs is 2. The van der Waals surface area contributed by atoms with Gasteiger partial charge in [-0.15, -0.1) is 0 Å². The summed E-state index contributed by atoms with van der Waals surface area (Å²) in [5.41, 5.74) is 3.35. The highest BCUT2D eigenvalue weighted by molar-refractivity contribution is 5.89. The Labute approximate surface area is 208 Å². The predicted octanol–water partition coefficient (Wildman–Crippen LogP) is 5.30. The van der Waals surface area contributed by atoms with E-state index in [1.807, 2.05) is 18.7 Å². The maximum Gasteiger partial charge on any atom is 0.243 e. The van der Waals surface area contributed by atoms with Crippen LogP contribution in [-0.4, -0.2) is 53.8 Å². The molecular weight excluding hydrogens is 422 g/mol. The molecule has 0 unspecified atom stereocenters. The molecule has 1 aromatic rings. The van der Waals surface area contributed by atoms with Gasteiger partial charge in [0.25, 0.3) is 0 Å². The fraction of sp³-hybridized carbons (Fsp3) is 0.724. The summed E-state index contributed by atoms with van der Waals surface area (Å²) in [6.07, 6.45) is 7.16. The van der Waals surface area contributed by atoms with Gasteiger partial charge in [0.2, 0.25) is 11.8 Å². The van der Waals surface area contributed by atoms with E-state index in [4.69, 9.17) is 0 Å². The molecule has 0 bridgehead atoms. The van der Waals surface area contributed by atoms with E-state index in [2.05, 4.69) is 55.3 Å². The monoisotopic (exact) mass is 469 g/mol. The van der Waals surface area contributed by atoms with Gasteiger partial charge in [-0.2, -0.15) is 0 Å². The molecule has 2 fully saturated rings. The van der Waals surface area contributed by atoms with Crippen LogP contribution < -0.4 is 5.32 Å². The van der Waals surface area contributed by atoms with Crippen LogP contribution in [0, 0.1) is 11.3 Å². The number of amides is 2. The van der Waals surface area contributed by atoms with Crippen LogP contribution >= 0.6 is 0 Å². The van der Waals surface area contributed by atoms with Crippen molar-refractivity contribution < 1.29 is 11.0 Å². The molecule has 0 radical (unpaired) electrons. The van der Waals surface area contributed by atoms with Gasteiger partial charge in [0.15, 0.2) is 0 Å². The molecule has 1 aromatic carbocycles. The number of carbonyl (C=O) groups is 2. The molecule has 2 aliphatic heterocycles. The first-order chi connectivity index (χ1) is 16.1. The smallest absolute Gasteiger partial charge is 0.243 e. The maximum atomic E-state index is 13.4. The molecule has 1 aliphatic carbocycles. The molecule has 2 atom stereocenters. The number of benzene rings is 1. The first-order valence-electron chi connectivity index (χ1n) is 13.5. The third kappa shape index (κ3) is 5.35. The number of nitrogens with one attached hydrogen (secondary N) is 1. The summed E-state index contributed by atoms with van der Waals surface area (Å²) in [7, 11) is 0. The minimum absolute atomic E-state index is 0. The van der Waals surface area contributed by atoms with Crippen molar-refractivity contribution in [1.29, 1.82) is 0 Å². The molecule has 3 aliphatic rings. The zero-order valence-corrected chi connectivity index (χ0v) is 22.0. The number of likely N-dealkylation sites (tertiary alicyclic amines) is 2. The molecule has 0 saturated carbocycles. The number of hydrogen-bond donors (Lipinski definition) is 1. The summed E-state index contributed by atoms with van der Waals surface area (Å²) in [4.78, 5) is 30.3. The summed E-state index contributed by atoms with van der Waals surface area (Å²) in [5, 5.41) is 3.38. The number of carbonyl (C=O) groups excluding carboxylic acids is 2. The Morgan fingerprint density at radius 2 is 1.85 bits per heavy atom. The minimum atomic E-state index is -0.371. The van der Waals surface area contributed by atoms with Gasteiger partial charge >= 0.3 is 0 Å². The Balaban J connectivity index is 0.00000342. The van der Waals surface area contributed by atoms with Crippen LogP contribution in [0.25, 0.3) is 0 Å². The summed E-state index contributed by atoms with van der Waals surface area (Å²) < 4.78 is 0. The van der Waals surface area contributed by atoms with E-state index >= 15 is 0 Å². The van der Waals surface area contributed by atoms with Gasteiger partial charge < -0.3 is 15.1 Å². The second-order valence-corrected chi connectivity index (χ2v) is 12.5. The molecular formula is C29H47N3O2. The van der Waals surface area contributed by atoms with Crippen LogP contribution in [0.2, 0.25) is 0 Å². The van der Waals surface area contributed by atoms with E-state index in [0.717, 1.165) is 32.4 Å². The normalized spacial score (nSPS) is 23.9. The van der Waals surface area contributed by atoms with Gasteiger partial charge in [0, 0.05) is 14.4 Å². The molecule has 1 N–H and O–H groups in total. The summed E-state index contributed by atoms with van der Waals surface area (Å²) in [6, 6.07) is 8.47. The Hall–Kier alpha value is -1.88. The highest BCUT2D eigenvalue weighted by Gasteiger charge is 2.43. The molecule has 1 spiro atoms. The van der Waals surface area contributed by atoms with Crippen LogP contribution in [0.1, 0.15) is 98.2 Å². The third-order valence-electron chi connectivity index (χ3n) is 8.47. The lowest BCUT2D eigenvalue weighted by atomic mass is 9.63. The number of rotatable bonds is 6. The van der Waals surface area contributed by atoms with Crippen molar-refractivity contribution in [3.8, 4) is 0 Å². The molecule has 0 aromatic heterocycles. The standard InChI is InChI=1S/C29H45N3O2.H2/c1-21(2)26(32-17-8-11-25(32)33)27(34)30-24-12-13-29(23-10-7-6-9-22(23)24)15-19-31(20-16-29)18-14-28(3,4)5;/h6-7,9-10,21,24,26H,8,11-20H2,1-5H3,(H,30,34);1H/t24-,26-;/m0./s1. The second kappa shape index (κ2) is 10.0. The quantitative estimate of drug-likeness (QED) is 0.615. The molecule has 2 saturated heterocycles. The highest BCUT2D eigenvalue weighted by atomic mass is 16.2. The van der Waals surface area contributed by atoms with Crippen molar-refractivity contribution in [2.24, 2.45) is 11.3 Å². The van der Waals surface area contributed by atoms with Crippen molar-refractivity contribution in [1.82, 2.24) is 15.1 Å². The van der Waals surface area contributed by atoms with Crippen LogP contribution in [0.3, 0.4) is 0 Å². The Morgan fingerprint density at radius 1 is 1.15 bits per heavy atom. The second-order valence-electron chi connectivity index (χ2n) is 12.5. The van der Waals surface area contributed by atoms with Gasteiger partial charge in [-0.3, -0.25) is 9.59 Å². The molecule has 2 amide bonds. The molecule has 34 heavy (non-hydrogen) atoms. The molecule has 5 nitrogen and oxygen atoms in total. The maximum absolute atomic E-state index is 13.4. The van der Waals surface area contributed by atoms with Crippen molar-refractivity contribution in [2.75, 3.05) is 26.2 Å². The van der Waals surface area contributed by atoms with Crippen molar-refractivity contribution in [2.45, 2.75) is 97.1 Å². The first kappa shape index (κ1) is 25.2.